The number of hydrogen-bond acceptors (Lipinski definition) is 5. The number of carbonyl (C=O) groups is 2. The van der Waals surface area contributed by atoms with E-state index in [1.807, 2.05) is 51.4 Å². The Balaban J connectivity index is 2.15. The van der Waals surface area contributed by atoms with Crippen LogP contribution in [0.3, 0.4) is 0 Å². The molecule has 1 N–H and O–H groups in total. The fraction of sp³-hybridized carbons (Fsp3) is 0.471. The second kappa shape index (κ2) is 7.44. The van der Waals surface area contributed by atoms with Crippen LogP contribution in [0.1, 0.15) is 43.1 Å². The summed E-state index contributed by atoms with van der Waals surface area (Å²) in [6.45, 7) is 10.00. The van der Waals surface area contributed by atoms with E-state index >= 15 is 0 Å². The Kier molecular flexibility index (Phi) is 5.77. The molecule has 0 unspecified atom stereocenters. The first kappa shape index (κ1) is 18.6. The number of nitrogens with zero attached hydrogens (tertiary/aromatic N) is 2. The summed E-state index contributed by atoms with van der Waals surface area (Å²) in [5.74, 6) is -0.295. The Morgan fingerprint density at radius 2 is 2.04 bits per heavy atom. The van der Waals surface area contributed by atoms with E-state index in [4.69, 9.17) is 0 Å². The van der Waals surface area contributed by atoms with E-state index in [0.29, 0.717) is 17.1 Å². The summed E-state index contributed by atoms with van der Waals surface area (Å²) >= 11 is 2.98. The quantitative estimate of drug-likeness (QED) is 0.881. The zero-order chi connectivity index (χ0) is 17.9. The van der Waals surface area contributed by atoms with E-state index in [9.17, 15) is 9.59 Å². The zero-order valence-corrected chi connectivity index (χ0v) is 16.3. The van der Waals surface area contributed by atoms with Crippen molar-refractivity contribution in [2.75, 3.05) is 13.1 Å². The predicted molar refractivity (Wildman–Crippen MR) is 99.6 cm³/mol. The highest BCUT2D eigenvalue weighted by Gasteiger charge is 2.24. The number of likely N-dealkylation sites (N-methyl/N-ethyl adjacent to an activating group) is 1. The molecule has 2 amide bonds. The van der Waals surface area contributed by atoms with Crippen molar-refractivity contribution in [3.63, 3.8) is 0 Å². The van der Waals surface area contributed by atoms with Gasteiger partial charge in [0.15, 0.2) is 0 Å². The molecule has 0 saturated heterocycles. The molecule has 0 aliphatic rings. The van der Waals surface area contributed by atoms with Crippen LogP contribution in [0.4, 0.5) is 0 Å². The van der Waals surface area contributed by atoms with Crippen LogP contribution < -0.4 is 5.32 Å². The smallest absolute Gasteiger partial charge is 0.266 e. The molecule has 0 aliphatic carbocycles. The van der Waals surface area contributed by atoms with Gasteiger partial charge in [-0.1, -0.05) is 0 Å². The third-order valence-electron chi connectivity index (χ3n) is 3.28. The van der Waals surface area contributed by atoms with Gasteiger partial charge < -0.3 is 10.2 Å². The van der Waals surface area contributed by atoms with Crippen molar-refractivity contribution in [1.82, 2.24) is 15.2 Å². The molecule has 2 aromatic heterocycles. The summed E-state index contributed by atoms with van der Waals surface area (Å²) in [5, 5.41) is 7.73. The molecule has 0 spiro atoms. The van der Waals surface area contributed by atoms with Crippen LogP contribution in [-0.2, 0) is 4.79 Å². The van der Waals surface area contributed by atoms with Gasteiger partial charge in [0.1, 0.15) is 9.88 Å². The summed E-state index contributed by atoms with van der Waals surface area (Å²) in [6.07, 6.45) is 0. The molecule has 0 aromatic carbocycles. The van der Waals surface area contributed by atoms with Gasteiger partial charge in [-0.2, -0.15) is 11.3 Å². The van der Waals surface area contributed by atoms with Gasteiger partial charge in [-0.05, 0) is 46.1 Å². The summed E-state index contributed by atoms with van der Waals surface area (Å²) in [4.78, 5) is 31.6. The summed E-state index contributed by atoms with van der Waals surface area (Å²) in [6, 6.07) is 1.99. The van der Waals surface area contributed by atoms with Crippen LogP contribution >= 0.6 is 22.7 Å². The normalized spacial score (nSPS) is 11.4. The number of amides is 2. The molecule has 0 saturated carbocycles. The first-order valence-electron chi connectivity index (χ1n) is 7.81. The molecule has 0 radical (unpaired) electrons. The molecule has 0 aliphatic heterocycles. The minimum absolute atomic E-state index is 0.0533. The fourth-order valence-electron chi connectivity index (χ4n) is 2.21. The van der Waals surface area contributed by atoms with Crippen LogP contribution in [0.5, 0.6) is 0 Å². The number of thiazole rings is 1. The second-order valence-electron chi connectivity index (χ2n) is 6.56. The van der Waals surface area contributed by atoms with Gasteiger partial charge in [-0.3, -0.25) is 9.59 Å². The average molecular weight is 366 g/mol. The van der Waals surface area contributed by atoms with Crippen LogP contribution in [-0.4, -0.2) is 40.3 Å². The van der Waals surface area contributed by atoms with Gasteiger partial charge in [-0.15, -0.1) is 11.3 Å². The van der Waals surface area contributed by atoms with Crippen molar-refractivity contribution < 1.29 is 9.59 Å². The summed E-state index contributed by atoms with van der Waals surface area (Å²) in [5.41, 5.74) is 1.42. The zero-order valence-electron chi connectivity index (χ0n) is 14.7. The van der Waals surface area contributed by atoms with Crippen LogP contribution in [0.2, 0.25) is 0 Å². The van der Waals surface area contributed by atoms with Crippen molar-refractivity contribution in [3.05, 3.63) is 27.4 Å². The van der Waals surface area contributed by atoms with E-state index < -0.39 is 0 Å². The highest BCUT2D eigenvalue weighted by Crippen LogP contribution is 2.30. The Morgan fingerprint density at radius 3 is 2.58 bits per heavy atom. The lowest BCUT2D eigenvalue weighted by Crippen LogP contribution is -2.47. The van der Waals surface area contributed by atoms with Gasteiger partial charge in [0.2, 0.25) is 5.91 Å². The maximum Gasteiger partial charge on any atom is 0.266 e. The highest BCUT2D eigenvalue weighted by atomic mass is 32.1. The molecule has 2 heterocycles. The molecule has 2 rings (SSSR count). The molecule has 2 aromatic rings. The first-order chi connectivity index (χ1) is 11.2. The monoisotopic (exact) mass is 365 g/mol. The minimum Gasteiger partial charge on any atom is -0.350 e. The third-order valence-corrected chi connectivity index (χ3v) is 5.15. The summed E-state index contributed by atoms with van der Waals surface area (Å²) in [7, 11) is 0. The number of thiophene rings is 1. The molecule has 0 fully saturated rings. The van der Waals surface area contributed by atoms with Gasteiger partial charge in [0.25, 0.3) is 5.91 Å². The minimum atomic E-state index is -0.313. The number of aryl methyl sites for hydroxylation is 1. The molecule has 0 atom stereocenters. The Morgan fingerprint density at radius 1 is 1.33 bits per heavy atom. The molecule has 130 valence electrons. The van der Waals surface area contributed by atoms with Crippen LogP contribution in [0, 0.1) is 6.92 Å². The Labute approximate surface area is 150 Å². The number of rotatable bonds is 5. The van der Waals surface area contributed by atoms with E-state index in [-0.39, 0.29) is 23.9 Å². The van der Waals surface area contributed by atoms with E-state index in [2.05, 4.69) is 10.3 Å². The molecular formula is C17H23N3O2S2. The number of nitrogens with one attached hydrogen (secondary N) is 1. The number of hydrogen-bond donors (Lipinski definition) is 1. The lowest BCUT2D eigenvalue weighted by atomic mass is 10.1. The standard InChI is InChI=1S/C17H23N3O2S2/c1-6-20(9-13(21)19-17(3,4)5)16(22)14-11(2)18-15(24-14)12-7-8-23-10-12/h7-8,10H,6,9H2,1-5H3,(H,19,21). The average Bonchev–Trinajstić information content (AvgIpc) is 3.11. The van der Waals surface area contributed by atoms with E-state index in [1.54, 1.807) is 16.2 Å². The Hall–Kier alpha value is -1.73. The van der Waals surface area contributed by atoms with E-state index in [0.717, 1.165) is 10.6 Å². The van der Waals surface area contributed by atoms with Crippen molar-refractivity contribution in [2.24, 2.45) is 0 Å². The highest BCUT2D eigenvalue weighted by molar-refractivity contribution is 7.17. The fourth-order valence-corrected chi connectivity index (χ4v) is 3.95. The topological polar surface area (TPSA) is 62.3 Å². The van der Waals surface area contributed by atoms with Gasteiger partial charge >= 0.3 is 0 Å². The molecule has 0 bridgehead atoms. The molecule has 7 heteroatoms. The lowest BCUT2D eigenvalue weighted by molar-refractivity contribution is -0.123. The van der Waals surface area contributed by atoms with Gasteiger partial charge in [0.05, 0.1) is 12.2 Å². The molecule has 24 heavy (non-hydrogen) atoms. The van der Waals surface area contributed by atoms with Gasteiger partial charge in [-0.25, -0.2) is 4.98 Å². The predicted octanol–water partition coefficient (Wildman–Crippen LogP) is 3.56. The lowest BCUT2D eigenvalue weighted by Gasteiger charge is -2.24. The van der Waals surface area contributed by atoms with Crippen molar-refractivity contribution in [1.29, 1.82) is 0 Å². The van der Waals surface area contributed by atoms with Crippen molar-refractivity contribution >= 4 is 34.5 Å². The van der Waals surface area contributed by atoms with E-state index in [1.165, 1.54) is 11.3 Å². The third kappa shape index (κ3) is 4.64. The first-order valence-corrected chi connectivity index (χ1v) is 9.57. The SMILES string of the molecule is CCN(CC(=O)NC(C)(C)C)C(=O)c1sc(-c2ccsc2)nc1C. The summed E-state index contributed by atoms with van der Waals surface area (Å²) < 4.78 is 0. The van der Waals surface area contributed by atoms with Crippen molar-refractivity contribution in [3.8, 4) is 10.6 Å². The maximum atomic E-state index is 12.8. The number of aromatic nitrogens is 1. The van der Waals surface area contributed by atoms with Crippen LogP contribution in [0.25, 0.3) is 10.6 Å². The Bertz CT molecular complexity index is 715. The second-order valence-corrected chi connectivity index (χ2v) is 8.34. The molecule has 5 nitrogen and oxygen atoms in total. The molecular weight excluding hydrogens is 342 g/mol. The number of carbonyl (C=O) groups excluding carboxylic acids is 2. The maximum absolute atomic E-state index is 12.8. The van der Waals surface area contributed by atoms with Crippen molar-refractivity contribution in [2.45, 2.75) is 40.2 Å². The largest absolute Gasteiger partial charge is 0.350 e. The van der Waals surface area contributed by atoms with Crippen LogP contribution in [0.15, 0.2) is 16.8 Å². The van der Waals surface area contributed by atoms with Gasteiger partial charge in [0, 0.05) is 23.0 Å².